The molecule has 0 atom stereocenters. The molecule has 2 heterocycles. The largest absolute Gasteiger partial charge is 0.493 e. The molecule has 0 radical (unpaired) electrons. The molecule has 9 heteroatoms. The van der Waals surface area contributed by atoms with Crippen molar-refractivity contribution in [3.8, 4) is 34.0 Å². The molecule has 32 heavy (non-hydrogen) atoms. The zero-order chi connectivity index (χ0) is 22.5. The molecular formula is C23H19FN4O4. The predicted molar refractivity (Wildman–Crippen MR) is 115 cm³/mol. The first-order valence-corrected chi connectivity index (χ1v) is 9.63. The van der Waals surface area contributed by atoms with E-state index in [1.54, 1.807) is 48.7 Å². The average molecular weight is 434 g/mol. The van der Waals surface area contributed by atoms with Crippen molar-refractivity contribution >= 4 is 11.8 Å². The highest BCUT2D eigenvalue weighted by atomic mass is 19.1. The van der Waals surface area contributed by atoms with Crippen LogP contribution in [-0.2, 0) is 11.2 Å². The van der Waals surface area contributed by atoms with Gasteiger partial charge in [0.25, 0.3) is 0 Å². The summed E-state index contributed by atoms with van der Waals surface area (Å²) >= 11 is 0. The smallest absolute Gasteiger partial charge is 0.241 e. The number of carbonyl (C=O) groups excluding carboxylic acids is 1. The lowest BCUT2D eigenvalue weighted by Crippen LogP contribution is -2.15. The third-order valence-corrected chi connectivity index (χ3v) is 4.75. The highest BCUT2D eigenvalue weighted by Gasteiger charge is 2.25. The Bertz CT molecular complexity index is 1240. The molecule has 0 aliphatic carbocycles. The summed E-state index contributed by atoms with van der Waals surface area (Å²) < 4.78 is 30.3. The van der Waals surface area contributed by atoms with Crippen LogP contribution in [0.1, 0.15) is 5.56 Å². The summed E-state index contributed by atoms with van der Waals surface area (Å²) in [5.74, 6) is 0.100. The van der Waals surface area contributed by atoms with Crippen LogP contribution in [-0.4, -0.2) is 35.3 Å². The van der Waals surface area contributed by atoms with Crippen LogP contribution in [0, 0.1) is 5.82 Å². The van der Waals surface area contributed by atoms with Crippen LogP contribution >= 0.6 is 0 Å². The van der Waals surface area contributed by atoms with Crippen molar-refractivity contribution in [2.45, 2.75) is 6.42 Å². The zero-order valence-corrected chi connectivity index (χ0v) is 17.3. The Kier molecular flexibility index (Phi) is 6.07. The van der Waals surface area contributed by atoms with Crippen molar-refractivity contribution in [3.05, 3.63) is 72.4 Å². The van der Waals surface area contributed by atoms with Gasteiger partial charge in [0.1, 0.15) is 17.8 Å². The molecule has 1 amide bonds. The fourth-order valence-corrected chi connectivity index (χ4v) is 3.29. The predicted octanol–water partition coefficient (Wildman–Crippen LogP) is 4.14. The number of ether oxygens (including phenoxy) is 2. The van der Waals surface area contributed by atoms with Gasteiger partial charge in [0.05, 0.1) is 37.5 Å². The minimum Gasteiger partial charge on any atom is -0.493 e. The molecule has 4 rings (SSSR count). The van der Waals surface area contributed by atoms with Gasteiger partial charge in [0.2, 0.25) is 11.8 Å². The lowest BCUT2D eigenvalue weighted by molar-refractivity contribution is -0.115. The van der Waals surface area contributed by atoms with Gasteiger partial charge in [0, 0.05) is 6.20 Å². The van der Waals surface area contributed by atoms with E-state index in [2.05, 4.69) is 20.4 Å². The number of rotatable bonds is 7. The van der Waals surface area contributed by atoms with Gasteiger partial charge < -0.3 is 14.0 Å². The molecule has 8 nitrogen and oxygen atoms in total. The second-order valence-corrected chi connectivity index (χ2v) is 6.69. The van der Waals surface area contributed by atoms with E-state index < -0.39 is 11.7 Å². The third-order valence-electron chi connectivity index (χ3n) is 4.75. The quantitative estimate of drug-likeness (QED) is 0.467. The van der Waals surface area contributed by atoms with E-state index in [0.717, 1.165) is 0 Å². The molecule has 0 saturated carbocycles. The SMILES string of the molecule is COc1cccc(-c2noc(NC(=O)Cc3ccccc3F)c2-c2ccncn2)c1OC. The van der Waals surface area contributed by atoms with Gasteiger partial charge in [-0.3, -0.25) is 10.1 Å². The molecule has 0 aliphatic rings. The molecule has 2 aromatic carbocycles. The summed E-state index contributed by atoms with van der Waals surface area (Å²) in [7, 11) is 3.05. The molecule has 162 valence electrons. The van der Waals surface area contributed by atoms with Crippen LogP contribution in [0.4, 0.5) is 10.3 Å². The lowest BCUT2D eigenvalue weighted by atomic mass is 10.0. The van der Waals surface area contributed by atoms with E-state index in [0.29, 0.717) is 34.0 Å². The van der Waals surface area contributed by atoms with Gasteiger partial charge in [-0.15, -0.1) is 0 Å². The van der Waals surface area contributed by atoms with E-state index in [4.69, 9.17) is 14.0 Å². The number of halogens is 1. The molecule has 0 bridgehead atoms. The van der Waals surface area contributed by atoms with Gasteiger partial charge in [-0.2, -0.15) is 0 Å². The standard InChI is InChI=1S/C23H19FN4O4/c1-30-18-9-5-7-15(22(18)31-2)21-20(17-10-11-25-13-26-17)23(32-28-21)27-19(29)12-14-6-3-4-8-16(14)24/h3-11,13H,12H2,1-2H3,(H,27,29). The average Bonchev–Trinajstić information content (AvgIpc) is 3.23. The van der Waals surface area contributed by atoms with Gasteiger partial charge in [-0.05, 0) is 29.8 Å². The number of benzene rings is 2. The number of hydrogen-bond donors (Lipinski definition) is 1. The second kappa shape index (κ2) is 9.25. The first-order valence-electron chi connectivity index (χ1n) is 9.63. The maximum atomic E-state index is 14.0. The Labute approximate surface area is 183 Å². The summed E-state index contributed by atoms with van der Waals surface area (Å²) in [4.78, 5) is 20.9. The van der Waals surface area contributed by atoms with E-state index in [1.807, 2.05) is 0 Å². The maximum absolute atomic E-state index is 14.0. The monoisotopic (exact) mass is 434 g/mol. The number of nitrogens with zero attached hydrogens (tertiary/aromatic N) is 3. The van der Waals surface area contributed by atoms with Crippen molar-refractivity contribution in [1.82, 2.24) is 15.1 Å². The van der Waals surface area contributed by atoms with Crippen LogP contribution in [0.25, 0.3) is 22.5 Å². The van der Waals surface area contributed by atoms with Crippen molar-refractivity contribution in [2.24, 2.45) is 0 Å². The fourth-order valence-electron chi connectivity index (χ4n) is 3.29. The minimum atomic E-state index is -0.467. The Balaban J connectivity index is 1.76. The normalized spacial score (nSPS) is 10.6. The molecule has 1 N–H and O–H groups in total. The number of methoxy groups -OCH3 is 2. The Morgan fingerprint density at radius 1 is 1.09 bits per heavy atom. The third kappa shape index (κ3) is 4.13. The molecule has 0 unspecified atom stereocenters. The van der Waals surface area contributed by atoms with Gasteiger partial charge in [0.15, 0.2) is 11.5 Å². The fraction of sp³-hybridized carbons (Fsp3) is 0.130. The second-order valence-electron chi connectivity index (χ2n) is 6.69. The first-order chi connectivity index (χ1) is 15.6. The van der Waals surface area contributed by atoms with Crippen LogP contribution in [0.5, 0.6) is 11.5 Å². The minimum absolute atomic E-state index is 0.0740. The summed E-state index contributed by atoms with van der Waals surface area (Å²) in [6.07, 6.45) is 2.77. The zero-order valence-electron chi connectivity index (χ0n) is 17.3. The maximum Gasteiger partial charge on any atom is 0.241 e. The topological polar surface area (TPSA) is 99.4 Å². The summed E-state index contributed by atoms with van der Waals surface area (Å²) in [5.41, 5.74) is 2.14. The molecule has 0 aliphatic heterocycles. The van der Waals surface area contributed by atoms with Crippen LogP contribution in [0.15, 0.2) is 65.6 Å². The number of carbonyl (C=O) groups is 1. The lowest BCUT2D eigenvalue weighted by Gasteiger charge is -2.12. The van der Waals surface area contributed by atoms with Crippen molar-refractivity contribution in [2.75, 3.05) is 19.5 Å². The van der Waals surface area contributed by atoms with Crippen molar-refractivity contribution in [3.63, 3.8) is 0 Å². The Hall–Kier alpha value is -4.27. The van der Waals surface area contributed by atoms with Crippen LogP contribution in [0.3, 0.4) is 0 Å². The molecule has 4 aromatic rings. The summed E-state index contributed by atoms with van der Waals surface area (Å²) in [6.45, 7) is 0. The molecule has 2 aromatic heterocycles. The molecule has 0 saturated heterocycles. The number of amides is 1. The van der Waals surface area contributed by atoms with E-state index in [9.17, 15) is 9.18 Å². The number of aromatic nitrogens is 3. The van der Waals surface area contributed by atoms with Crippen molar-refractivity contribution in [1.29, 1.82) is 0 Å². The highest BCUT2D eigenvalue weighted by Crippen LogP contribution is 2.43. The van der Waals surface area contributed by atoms with Gasteiger partial charge in [-0.1, -0.05) is 29.4 Å². The summed E-state index contributed by atoms with van der Waals surface area (Å²) in [6, 6.07) is 13.1. The van der Waals surface area contributed by atoms with Crippen molar-refractivity contribution < 1.29 is 23.2 Å². The van der Waals surface area contributed by atoms with Gasteiger partial charge in [-0.25, -0.2) is 14.4 Å². The summed E-state index contributed by atoms with van der Waals surface area (Å²) in [5, 5.41) is 6.84. The number of anilines is 1. The Morgan fingerprint density at radius 2 is 1.94 bits per heavy atom. The number of nitrogens with one attached hydrogen (secondary N) is 1. The van der Waals surface area contributed by atoms with Crippen LogP contribution < -0.4 is 14.8 Å². The first kappa shape index (κ1) is 21.0. The van der Waals surface area contributed by atoms with E-state index in [-0.39, 0.29) is 17.9 Å². The molecule has 0 spiro atoms. The number of hydrogen-bond acceptors (Lipinski definition) is 7. The highest BCUT2D eigenvalue weighted by molar-refractivity contribution is 5.98. The van der Waals surface area contributed by atoms with E-state index in [1.165, 1.54) is 26.6 Å². The molecular weight excluding hydrogens is 415 g/mol. The number of para-hydroxylation sites is 1. The molecule has 0 fully saturated rings. The van der Waals surface area contributed by atoms with Crippen LogP contribution in [0.2, 0.25) is 0 Å². The van der Waals surface area contributed by atoms with E-state index >= 15 is 0 Å². The Morgan fingerprint density at radius 3 is 2.66 bits per heavy atom. The van der Waals surface area contributed by atoms with Gasteiger partial charge >= 0.3 is 0 Å².